The first-order valence-electron chi connectivity index (χ1n) is 6.38. The number of carbonyl (C=O) groups excluding carboxylic acids is 1. The van der Waals surface area contributed by atoms with Crippen LogP contribution in [0.1, 0.15) is 21.5 Å². The van der Waals surface area contributed by atoms with Crippen LogP contribution in [0.2, 0.25) is 0 Å². The number of hydrogen-bond donors (Lipinski definition) is 2. The van der Waals surface area contributed by atoms with Gasteiger partial charge in [0.15, 0.2) is 0 Å². The van der Waals surface area contributed by atoms with Gasteiger partial charge in [0.05, 0.1) is 11.3 Å². The van der Waals surface area contributed by atoms with Gasteiger partial charge in [-0.1, -0.05) is 28.1 Å². The van der Waals surface area contributed by atoms with E-state index in [0.717, 1.165) is 15.7 Å². The summed E-state index contributed by atoms with van der Waals surface area (Å²) >= 11 is 3.39. The highest BCUT2D eigenvalue weighted by molar-refractivity contribution is 9.10. The van der Waals surface area contributed by atoms with Crippen molar-refractivity contribution in [2.45, 2.75) is 6.54 Å². The van der Waals surface area contributed by atoms with Gasteiger partial charge in [-0.15, -0.1) is 0 Å². The standard InChI is InChI=1S/C16H14BrN3O/c1-19-16(21)12-4-2-11(3-5-12)10-20-15-8-14(17)7-6-13(15)9-18/h2-8,20H,10H2,1H3,(H,19,21). The Labute approximate surface area is 131 Å². The van der Waals surface area contributed by atoms with Crippen molar-refractivity contribution in [3.05, 3.63) is 63.6 Å². The fourth-order valence-corrected chi connectivity index (χ4v) is 2.24. The van der Waals surface area contributed by atoms with Crippen LogP contribution in [-0.2, 0) is 6.54 Å². The molecule has 2 N–H and O–H groups in total. The monoisotopic (exact) mass is 343 g/mol. The van der Waals surface area contributed by atoms with Crippen LogP contribution in [0.4, 0.5) is 5.69 Å². The number of hydrogen-bond acceptors (Lipinski definition) is 3. The first-order valence-corrected chi connectivity index (χ1v) is 7.18. The Hall–Kier alpha value is -2.32. The maximum atomic E-state index is 11.5. The average molecular weight is 344 g/mol. The van der Waals surface area contributed by atoms with Gasteiger partial charge in [-0.3, -0.25) is 4.79 Å². The van der Waals surface area contributed by atoms with Crippen LogP contribution >= 0.6 is 15.9 Å². The van der Waals surface area contributed by atoms with Gasteiger partial charge in [-0.05, 0) is 35.9 Å². The molecule has 2 aromatic carbocycles. The van der Waals surface area contributed by atoms with Gasteiger partial charge in [0.1, 0.15) is 6.07 Å². The quantitative estimate of drug-likeness (QED) is 0.895. The zero-order valence-electron chi connectivity index (χ0n) is 11.5. The largest absolute Gasteiger partial charge is 0.380 e. The molecule has 0 saturated carbocycles. The molecule has 0 aliphatic rings. The molecule has 0 aliphatic carbocycles. The van der Waals surface area contributed by atoms with E-state index < -0.39 is 0 Å². The molecule has 21 heavy (non-hydrogen) atoms. The van der Waals surface area contributed by atoms with Crippen LogP contribution in [0.15, 0.2) is 46.9 Å². The van der Waals surface area contributed by atoms with Crippen LogP contribution in [0.25, 0.3) is 0 Å². The van der Waals surface area contributed by atoms with Crippen molar-refractivity contribution in [1.82, 2.24) is 5.32 Å². The normalized spacial score (nSPS) is 9.76. The summed E-state index contributed by atoms with van der Waals surface area (Å²) in [4.78, 5) is 11.5. The van der Waals surface area contributed by atoms with Crippen LogP contribution in [0, 0.1) is 11.3 Å². The van der Waals surface area contributed by atoms with E-state index in [-0.39, 0.29) is 5.91 Å². The molecule has 1 amide bonds. The first-order chi connectivity index (χ1) is 10.1. The van der Waals surface area contributed by atoms with E-state index in [1.807, 2.05) is 24.3 Å². The van der Waals surface area contributed by atoms with Gasteiger partial charge in [0.2, 0.25) is 0 Å². The average Bonchev–Trinajstić information content (AvgIpc) is 2.52. The first kappa shape index (κ1) is 15.1. The fraction of sp³-hybridized carbons (Fsp3) is 0.125. The van der Waals surface area contributed by atoms with Crippen molar-refractivity contribution in [2.24, 2.45) is 0 Å². The van der Waals surface area contributed by atoms with E-state index in [0.29, 0.717) is 17.7 Å². The SMILES string of the molecule is CNC(=O)c1ccc(CNc2cc(Br)ccc2C#N)cc1. The second-order valence-electron chi connectivity index (χ2n) is 4.43. The molecule has 0 heterocycles. The molecule has 0 spiro atoms. The van der Waals surface area contributed by atoms with Crippen molar-refractivity contribution >= 4 is 27.5 Å². The van der Waals surface area contributed by atoms with E-state index in [1.165, 1.54) is 0 Å². The Balaban J connectivity index is 2.08. The highest BCUT2D eigenvalue weighted by atomic mass is 79.9. The number of anilines is 1. The molecule has 0 bridgehead atoms. The molecule has 0 saturated heterocycles. The minimum atomic E-state index is -0.103. The lowest BCUT2D eigenvalue weighted by Crippen LogP contribution is -2.17. The summed E-state index contributed by atoms with van der Waals surface area (Å²) in [5.74, 6) is -0.103. The van der Waals surface area contributed by atoms with Gasteiger partial charge in [-0.2, -0.15) is 5.26 Å². The number of carbonyl (C=O) groups is 1. The van der Waals surface area contributed by atoms with Crippen LogP contribution < -0.4 is 10.6 Å². The smallest absolute Gasteiger partial charge is 0.251 e. The Morgan fingerprint density at radius 2 is 1.95 bits per heavy atom. The number of amides is 1. The van der Waals surface area contributed by atoms with Crippen molar-refractivity contribution in [2.75, 3.05) is 12.4 Å². The number of nitrogens with one attached hydrogen (secondary N) is 2. The summed E-state index contributed by atoms with van der Waals surface area (Å²) in [6.07, 6.45) is 0. The summed E-state index contributed by atoms with van der Waals surface area (Å²) in [7, 11) is 1.61. The van der Waals surface area contributed by atoms with Crippen molar-refractivity contribution in [3.8, 4) is 6.07 Å². The predicted molar refractivity (Wildman–Crippen MR) is 86.0 cm³/mol. The topological polar surface area (TPSA) is 64.9 Å². The lowest BCUT2D eigenvalue weighted by Gasteiger charge is -2.09. The van der Waals surface area contributed by atoms with Gasteiger partial charge in [-0.25, -0.2) is 0 Å². The van der Waals surface area contributed by atoms with E-state index in [1.54, 1.807) is 25.2 Å². The van der Waals surface area contributed by atoms with Crippen molar-refractivity contribution in [3.63, 3.8) is 0 Å². The molecular weight excluding hydrogens is 330 g/mol. The number of benzene rings is 2. The van der Waals surface area contributed by atoms with Crippen molar-refractivity contribution in [1.29, 1.82) is 5.26 Å². The molecule has 4 nitrogen and oxygen atoms in total. The van der Waals surface area contributed by atoms with Gasteiger partial charge < -0.3 is 10.6 Å². The van der Waals surface area contributed by atoms with E-state index in [2.05, 4.69) is 32.6 Å². The number of nitriles is 1. The molecule has 0 radical (unpaired) electrons. The van der Waals surface area contributed by atoms with E-state index in [4.69, 9.17) is 5.26 Å². The van der Waals surface area contributed by atoms with E-state index in [9.17, 15) is 4.79 Å². The molecule has 0 fully saturated rings. The minimum absolute atomic E-state index is 0.103. The van der Waals surface area contributed by atoms with Gasteiger partial charge >= 0.3 is 0 Å². The zero-order chi connectivity index (χ0) is 15.2. The third-order valence-corrected chi connectivity index (χ3v) is 3.52. The lowest BCUT2D eigenvalue weighted by atomic mass is 10.1. The molecular formula is C16H14BrN3O. The zero-order valence-corrected chi connectivity index (χ0v) is 13.1. The Morgan fingerprint density at radius 1 is 1.24 bits per heavy atom. The second-order valence-corrected chi connectivity index (χ2v) is 5.35. The fourth-order valence-electron chi connectivity index (χ4n) is 1.88. The highest BCUT2D eigenvalue weighted by Crippen LogP contribution is 2.21. The third-order valence-electron chi connectivity index (χ3n) is 3.03. The van der Waals surface area contributed by atoms with Crippen molar-refractivity contribution < 1.29 is 4.79 Å². The highest BCUT2D eigenvalue weighted by Gasteiger charge is 2.04. The van der Waals surface area contributed by atoms with E-state index >= 15 is 0 Å². The summed E-state index contributed by atoms with van der Waals surface area (Å²) in [6, 6.07) is 15.0. The molecule has 106 valence electrons. The number of rotatable bonds is 4. The molecule has 0 unspecified atom stereocenters. The number of nitrogens with zero attached hydrogens (tertiary/aromatic N) is 1. The second kappa shape index (κ2) is 6.91. The summed E-state index contributed by atoms with van der Waals surface area (Å²) in [5, 5.41) is 14.9. The lowest BCUT2D eigenvalue weighted by molar-refractivity contribution is 0.0963. The Bertz CT molecular complexity index is 690. The van der Waals surface area contributed by atoms with Gasteiger partial charge in [0, 0.05) is 23.6 Å². The molecule has 2 rings (SSSR count). The predicted octanol–water partition coefficient (Wildman–Crippen LogP) is 3.29. The summed E-state index contributed by atoms with van der Waals surface area (Å²) < 4.78 is 0.916. The third kappa shape index (κ3) is 3.83. The molecule has 0 atom stereocenters. The summed E-state index contributed by atoms with van der Waals surface area (Å²) in [6.45, 7) is 0.582. The Morgan fingerprint density at radius 3 is 2.57 bits per heavy atom. The van der Waals surface area contributed by atoms with Crippen LogP contribution in [-0.4, -0.2) is 13.0 Å². The maximum Gasteiger partial charge on any atom is 0.251 e. The minimum Gasteiger partial charge on any atom is -0.380 e. The number of halogens is 1. The molecule has 0 aromatic heterocycles. The van der Waals surface area contributed by atoms with Gasteiger partial charge in [0.25, 0.3) is 5.91 Å². The molecule has 0 aliphatic heterocycles. The van der Waals surface area contributed by atoms with Crippen LogP contribution in [0.3, 0.4) is 0 Å². The molecule has 2 aromatic rings. The summed E-state index contributed by atoms with van der Waals surface area (Å²) in [5.41, 5.74) is 3.04. The Kier molecular flexibility index (Phi) is 4.96. The maximum absolute atomic E-state index is 11.5. The van der Waals surface area contributed by atoms with Crippen LogP contribution in [0.5, 0.6) is 0 Å². The molecule has 5 heteroatoms.